The molecule has 0 bridgehead atoms. The molecule has 0 aliphatic carbocycles. The van der Waals surface area contributed by atoms with Crippen LogP contribution in [0.25, 0.3) is 16.5 Å². The van der Waals surface area contributed by atoms with Crippen molar-refractivity contribution < 1.29 is 19.1 Å². The maximum absolute atomic E-state index is 13.3. The Morgan fingerprint density at radius 1 is 0.884 bits per heavy atom. The van der Waals surface area contributed by atoms with Crippen LogP contribution < -0.4 is 20.7 Å². The lowest BCUT2D eigenvalue weighted by molar-refractivity contribution is -0.119. The number of carbonyl (C=O) groups excluding carboxylic acids is 2. The van der Waals surface area contributed by atoms with E-state index in [0.717, 1.165) is 27.7 Å². The van der Waals surface area contributed by atoms with Crippen molar-refractivity contribution in [1.29, 1.82) is 0 Å². The molecule has 0 atom stereocenters. The fourth-order valence-electron chi connectivity index (χ4n) is 4.35. The highest BCUT2D eigenvalue weighted by Crippen LogP contribution is 2.34. The smallest absolute Gasteiger partial charge is 0.324 e. The van der Waals surface area contributed by atoms with Crippen molar-refractivity contribution in [3.8, 4) is 17.3 Å². The van der Waals surface area contributed by atoms with E-state index in [2.05, 4.69) is 46.7 Å². The van der Waals surface area contributed by atoms with E-state index in [4.69, 9.17) is 14.6 Å². The monoisotopic (exact) mass is 579 g/mol. The molecule has 11 heteroatoms. The van der Waals surface area contributed by atoms with E-state index in [1.54, 1.807) is 16.8 Å². The number of aryl methyl sites for hydroxylation is 1. The van der Waals surface area contributed by atoms with Gasteiger partial charge in [-0.15, -0.1) is 0 Å². The first-order valence-electron chi connectivity index (χ1n) is 13.7. The molecule has 0 saturated carbocycles. The lowest BCUT2D eigenvalue weighted by atomic mass is 9.92. The molecule has 3 aromatic carbocycles. The second kappa shape index (κ2) is 12.3. The SMILES string of the molecule is COCC(=O)Nc1cc(Oc2ccc(NC(=O)Nc3cc(C(C)(C)C)nn3-c3ccc(C)cc3)c3ccccc23)ncn1. The van der Waals surface area contributed by atoms with Gasteiger partial charge in [0.25, 0.3) is 5.91 Å². The van der Waals surface area contributed by atoms with Crippen molar-refractivity contribution in [2.75, 3.05) is 29.7 Å². The number of urea groups is 1. The van der Waals surface area contributed by atoms with E-state index in [0.29, 0.717) is 17.3 Å². The Morgan fingerprint density at radius 3 is 2.35 bits per heavy atom. The molecule has 0 spiro atoms. The minimum atomic E-state index is -0.417. The second-order valence-corrected chi connectivity index (χ2v) is 11.0. The molecule has 0 fully saturated rings. The third kappa shape index (κ3) is 6.96. The minimum absolute atomic E-state index is 0.0983. The van der Waals surface area contributed by atoms with Crippen molar-refractivity contribution >= 4 is 40.0 Å². The highest BCUT2D eigenvalue weighted by Gasteiger charge is 2.22. The summed E-state index contributed by atoms with van der Waals surface area (Å²) in [6.07, 6.45) is 1.30. The molecule has 0 aliphatic heterocycles. The Morgan fingerprint density at radius 2 is 1.63 bits per heavy atom. The van der Waals surface area contributed by atoms with Gasteiger partial charge in [0.15, 0.2) is 0 Å². The third-order valence-corrected chi connectivity index (χ3v) is 6.53. The van der Waals surface area contributed by atoms with Gasteiger partial charge in [-0.1, -0.05) is 62.7 Å². The number of anilines is 3. The van der Waals surface area contributed by atoms with Crippen molar-refractivity contribution in [1.82, 2.24) is 19.7 Å². The average Bonchev–Trinajstić information content (AvgIpc) is 3.39. The molecule has 2 heterocycles. The number of hydrogen-bond acceptors (Lipinski definition) is 7. The summed E-state index contributed by atoms with van der Waals surface area (Å²) < 4.78 is 12.6. The zero-order chi connectivity index (χ0) is 30.6. The number of amides is 3. The van der Waals surface area contributed by atoms with Crippen LogP contribution in [-0.2, 0) is 14.9 Å². The summed E-state index contributed by atoms with van der Waals surface area (Å²) in [5.74, 6) is 1.24. The molecular weight excluding hydrogens is 546 g/mol. The van der Waals surface area contributed by atoms with E-state index in [9.17, 15) is 9.59 Å². The first-order chi connectivity index (χ1) is 20.6. The van der Waals surface area contributed by atoms with Gasteiger partial charge in [0, 0.05) is 35.4 Å². The van der Waals surface area contributed by atoms with Crippen LogP contribution in [0, 0.1) is 6.92 Å². The zero-order valence-corrected chi connectivity index (χ0v) is 24.6. The van der Waals surface area contributed by atoms with Crippen molar-refractivity contribution in [3.63, 3.8) is 0 Å². The van der Waals surface area contributed by atoms with Crippen LogP contribution in [0.2, 0.25) is 0 Å². The molecule has 0 saturated heterocycles. The van der Waals surface area contributed by atoms with Crippen LogP contribution in [-0.4, -0.2) is 45.4 Å². The predicted octanol–water partition coefficient (Wildman–Crippen LogP) is 6.44. The van der Waals surface area contributed by atoms with Crippen molar-refractivity contribution in [2.45, 2.75) is 33.1 Å². The Hall–Kier alpha value is -5.29. The lowest BCUT2D eigenvalue weighted by Crippen LogP contribution is -2.21. The molecule has 0 aliphatic rings. The highest BCUT2D eigenvalue weighted by molar-refractivity contribution is 6.07. The summed E-state index contributed by atoms with van der Waals surface area (Å²) in [7, 11) is 1.44. The van der Waals surface area contributed by atoms with Crippen molar-refractivity contribution in [2.24, 2.45) is 0 Å². The minimum Gasteiger partial charge on any atom is -0.438 e. The van der Waals surface area contributed by atoms with Gasteiger partial charge in [0.05, 0.1) is 17.1 Å². The Balaban J connectivity index is 1.38. The molecular formula is C32H33N7O4. The van der Waals surface area contributed by atoms with Gasteiger partial charge in [-0.05, 0) is 31.2 Å². The molecule has 0 radical (unpaired) electrons. The number of ether oxygens (including phenoxy) is 2. The lowest BCUT2D eigenvalue weighted by Gasteiger charge is -2.14. The number of benzene rings is 3. The van der Waals surface area contributed by atoms with Gasteiger partial charge in [-0.3, -0.25) is 10.1 Å². The molecule has 3 amide bonds. The number of rotatable bonds is 8. The van der Waals surface area contributed by atoms with Crippen molar-refractivity contribution in [3.05, 3.63) is 90.4 Å². The fourth-order valence-corrected chi connectivity index (χ4v) is 4.35. The number of carbonyl (C=O) groups is 2. The van der Waals surface area contributed by atoms with Gasteiger partial charge in [-0.2, -0.15) is 5.10 Å². The van der Waals surface area contributed by atoms with Gasteiger partial charge in [0.1, 0.15) is 30.3 Å². The standard InChI is InChI=1S/C32H33N7O4/c1-20-10-12-21(13-11-20)39-28(16-26(38-39)32(2,3)4)37-31(41)35-24-14-15-25(23-9-7-6-8-22(23)24)43-30-17-27(33-19-34-30)36-29(40)18-42-5/h6-17,19H,18H2,1-5H3,(H2,35,37,41)(H,33,34,36,40). The van der Waals surface area contributed by atoms with Crippen LogP contribution in [0.15, 0.2) is 79.1 Å². The number of aromatic nitrogens is 4. The largest absolute Gasteiger partial charge is 0.438 e. The third-order valence-electron chi connectivity index (χ3n) is 6.53. The predicted molar refractivity (Wildman–Crippen MR) is 166 cm³/mol. The molecule has 2 aromatic heterocycles. The molecule has 220 valence electrons. The summed E-state index contributed by atoms with van der Waals surface area (Å²) >= 11 is 0. The Kier molecular flexibility index (Phi) is 8.35. The van der Waals surface area contributed by atoms with Gasteiger partial charge < -0.3 is 20.1 Å². The Labute approximate surface area is 249 Å². The molecule has 3 N–H and O–H groups in total. The van der Waals surface area contributed by atoms with Crippen LogP contribution in [0.1, 0.15) is 32.0 Å². The zero-order valence-electron chi connectivity index (χ0n) is 24.6. The van der Waals surface area contributed by atoms with Gasteiger partial charge in [-0.25, -0.2) is 19.4 Å². The highest BCUT2D eigenvalue weighted by atomic mass is 16.5. The summed E-state index contributed by atoms with van der Waals surface area (Å²) in [4.78, 5) is 33.4. The summed E-state index contributed by atoms with van der Waals surface area (Å²) in [5.41, 5.74) is 3.20. The number of hydrogen-bond donors (Lipinski definition) is 3. The van der Waals surface area contributed by atoms with E-state index in [1.165, 1.54) is 19.5 Å². The normalized spacial score (nSPS) is 11.3. The van der Waals surface area contributed by atoms with E-state index in [-0.39, 0.29) is 29.6 Å². The number of methoxy groups -OCH3 is 1. The van der Waals surface area contributed by atoms with E-state index >= 15 is 0 Å². The number of nitrogens with one attached hydrogen (secondary N) is 3. The quantitative estimate of drug-likeness (QED) is 0.193. The summed E-state index contributed by atoms with van der Waals surface area (Å²) in [5, 5.41) is 14.9. The average molecular weight is 580 g/mol. The summed E-state index contributed by atoms with van der Waals surface area (Å²) in [6.45, 7) is 8.16. The molecule has 11 nitrogen and oxygen atoms in total. The van der Waals surface area contributed by atoms with E-state index in [1.807, 2.05) is 61.5 Å². The topological polar surface area (TPSA) is 132 Å². The molecule has 5 rings (SSSR count). The van der Waals surface area contributed by atoms with Crippen LogP contribution in [0.4, 0.5) is 22.1 Å². The summed E-state index contributed by atoms with van der Waals surface area (Å²) in [6, 6.07) is 22.0. The van der Waals surface area contributed by atoms with Gasteiger partial charge >= 0.3 is 6.03 Å². The molecule has 5 aromatic rings. The maximum atomic E-state index is 13.3. The Bertz CT molecular complexity index is 1780. The first-order valence-corrected chi connectivity index (χ1v) is 13.7. The first kappa shape index (κ1) is 29.2. The van der Waals surface area contributed by atoms with E-state index < -0.39 is 6.03 Å². The maximum Gasteiger partial charge on any atom is 0.324 e. The molecule has 0 unspecified atom stereocenters. The van der Waals surface area contributed by atoms with Crippen LogP contribution in [0.3, 0.4) is 0 Å². The number of fused-ring (bicyclic) bond motifs is 1. The fraction of sp³-hybridized carbons (Fsp3) is 0.219. The number of nitrogens with zero attached hydrogens (tertiary/aromatic N) is 4. The van der Waals surface area contributed by atoms with Crippen LogP contribution in [0.5, 0.6) is 11.6 Å². The molecule has 43 heavy (non-hydrogen) atoms. The second-order valence-electron chi connectivity index (χ2n) is 11.0. The van der Waals surface area contributed by atoms with Gasteiger partial charge in [0.2, 0.25) is 5.88 Å². The van der Waals surface area contributed by atoms with Crippen LogP contribution >= 0.6 is 0 Å².